The zero-order chi connectivity index (χ0) is 30.2. The SMILES string of the molecule is CCOc1cc2ncc(C#N)c(Nc3ccc(OCc4ncccc4C)c(C)c3C)c2cc1NC(=O)CCCN(C)C. The molecule has 4 rings (SSSR count). The Labute approximate surface area is 247 Å². The molecule has 9 heteroatoms. The fourth-order valence-corrected chi connectivity index (χ4v) is 4.62. The molecule has 0 unspecified atom stereocenters. The maximum absolute atomic E-state index is 12.8. The first-order chi connectivity index (χ1) is 20.2. The van der Waals surface area contributed by atoms with E-state index in [1.807, 2.05) is 77.0 Å². The Hall–Kier alpha value is -4.68. The van der Waals surface area contributed by atoms with Crippen molar-refractivity contribution in [2.24, 2.45) is 0 Å². The number of amides is 1. The van der Waals surface area contributed by atoms with Gasteiger partial charge in [-0.1, -0.05) is 6.07 Å². The number of ether oxygens (including phenoxy) is 2. The topological polar surface area (TPSA) is 112 Å². The summed E-state index contributed by atoms with van der Waals surface area (Å²) in [6, 6.07) is 13.7. The second-order valence-electron chi connectivity index (χ2n) is 10.5. The van der Waals surface area contributed by atoms with Crippen molar-refractivity contribution in [2.75, 3.05) is 37.9 Å². The first-order valence-corrected chi connectivity index (χ1v) is 14.1. The van der Waals surface area contributed by atoms with Gasteiger partial charge in [0, 0.05) is 36.0 Å². The summed E-state index contributed by atoms with van der Waals surface area (Å²) in [5.74, 6) is 1.20. The van der Waals surface area contributed by atoms with E-state index in [-0.39, 0.29) is 5.91 Å². The molecule has 0 fully saturated rings. The van der Waals surface area contributed by atoms with Crippen LogP contribution in [0, 0.1) is 32.1 Å². The first kappa shape index (κ1) is 30.3. The second kappa shape index (κ2) is 13.8. The molecule has 0 atom stereocenters. The number of nitrogens with zero attached hydrogens (tertiary/aromatic N) is 4. The highest BCUT2D eigenvalue weighted by Gasteiger charge is 2.17. The van der Waals surface area contributed by atoms with Gasteiger partial charge in [0.2, 0.25) is 5.91 Å². The van der Waals surface area contributed by atoms with E-state index in [9.17, 15) is 10.1 Å². The quantitative estimate of drug-likeness (QED) is 0.202. The van der Waals surface area contributed by atoms with E-state index in [1.54, 1.807) is 18.5 Å². The van der Waals surface area contributed by atoms with Gasteiger partial charge in [0.15, 0.2) is 0 Å². The summed E-state index contributed by atoms with van der Waals surface area (Å²) in [7, 11) is 3.96. The van der Waals surface area contributed by atoms with E-state index in [0.29, 0.717) is 53.2 Å². The third-order valence-electron chi connectivity index (χ3n) is 7.15. The minimum absolute atomic E-state index is 0.0981. The number of hydrogen-bond acceptors (Lipinski definition) is 8. The molecule has 218 valence electrons. The molecule has 2 aromatic carbocycles. The molecule has 42 heavy (non-hydrogen) atoms. The highest BCUT2D eigenvalue weighted by Crippen LogP contribution is 2.38. The molecule has 4 aromatic rings. The third kappa shape index (κ3) is 7.14. The molecule has 2 N–H and O–H groups in total. The zero-order valence-corrected chi connectivity index (χ0v) is 25.2. The van der Waals surface area contributed by atoms with Crippen molar-refractivity contribution in [2.45, 2.75) is 47.1 Å². The van der Waals surface area contributed by atoms with Gasteiger partial charge in [-0.05, 0) is 95.7 Å². The van der Waals surface area contributed by atoms with Gasteiger partial charge in [0.05, 0.1) is 34.8 Å². The molecular weight excluding hydrogens is 528 g/mol. The van der Waals surface area contributed by atoms with Gasteiger partial charge in [0.1, 0.15) is 24.2 Å². The average Bonchev–Trinajstić information content (AvgIpc) is 2.96. The van der Waals surface area contributed by atoms with Crippen LogP contribution in [0.3, 0.4) is 0 Å². The smallest absolute Gasteiger partial charge is 0.224 e. The summed E-state index contributed by atoms with van der Waals surface area (Å²) in [5.41, 5.74) is 6.95. The Morgan fingerprint density at radius 3 is 2.55 bits per heavy atom. The third-order valence-corrected chi connectivity index (χ3v) is 7.15. The molecule has 0 aliphatic heterocycles. The van der Waals surface area contributed by atoms with E-state index in [4.69, 9.17) is 9.47 Å². The van der Waals surface area contributed by atoms with Gasteiger partial charge in [-0.3, -0.25) is 14.8 Å². The Kier molecular flexibility index (Phi) is 9.94. The molecule has 0 radical (unpaired) electrons. The lowest BCUT2D eigenvalue weighted by molar-refractivity contribution is -0.116. The Morgan fingerprint density at radius 1 is 1.02 bits per heavy atom. The lowest BCUT2D eigenvalue weighted by Crippen LogP contribution is -2.17. The number of benzene rings is 2. The van der Waals surface area contributed by atoms with Gasteiger partial charge in [0.25, 0.3) is 0 Å². The number of anilines is 3. The van der Waals surface area contributed by atoms with Gasteiger partial charge < -0.3 is 25.0 Å². The normalized spacial score (nSPS) is 10.9. The summed E-state index contributed by atoms with van der Waals surface area (Å²) >= 11 is 0. The van der Waals surface area contributed by atoms with E-state index < -0.39 is 0 Å². The average molecular weight is 567 g/mol. The highest BCUT2D eigenvalue weighted by molar-refractivity contribution is 6.02. The van der Waals surface area contributed by atoms with Gasteiger partial charge in [-0.25, -0.2) is 0 Å². The highest BCUT2D eigenvalue weighted by atomic mass is 16.5. The monoisotopic (exact) mass is 566 g/mol. The van der Waals surface area contributed by atoms with Crippen molar-refractivity contribution in [3.8, 4) is 17.6 Å². The maximum atomic E-state index is 12.8. The number of fused-ring (bicyclic) bond motifs is 1. The van der Waals surface area contributed by atoms with Crippen LogP contribution < -0.4 is 20.1 Å². The van der Waals surface area contributed by atoms with Crippen LogP contribution in [0.25, 0.3) is 10.9 Å². The molecule has 0 aliphatic carbocycles. The molecule has 2 heterocycles. The molecule has 0 bridgehead atoms. The van der Waals surface area contributed by atoms with Crippen LogP contribution in [0.15, 0.2) is 48.8 Å². The Bertz CT molecular complexity index is 1630. The summed E-state index contributed by atoms with van der Waals surface area (Å²) in [6.07, 6.45) is 4.44. The molecule has 0 spiro atoms. The van der Waals surface area contributed by atoms with Crippen LogP contribution in [-0.2, 0) is 11.4 Å². The number of aromatic nitrogens is 2. The lowest BCUT2D eigenvalue weighted by atomic mass is 10.0. The molecule has 0 saturated heterocycles. The van der Waals surface area contributed by atoms with E-state index in [2.05, 4.69) is 26.7 Å². The largest absolute Gasteiger partial charge is 0.492 e. The van der Waals surface area contributed by atoms with Crippen LogP contribution in [0.4, 0.5) is 17.1 Å². The predicted molar refractivity (Wildman–Crippen MR) is 167 cm³/mol. The Balaban J connectivity index is 1.66. The molecule has 1 amide bonds. The number of aryl methyl sites for hydroxylation is 1. The maximum Gasteiger partial charge on any atom is 0.224 e. The van der Waals surface area contributed by atoms with Crippen molar-refractivity contribution in [1.82, 2.24) is 14.9 Å². The van der Waals surface area contributed by atoms with E-state index in [1.165, 1.54) is 0 Å². The standard InChI is InChI=1S/C33H38N6O3/c1-7-41-31-17-27-25(16-28(31)37-32(40)11-9-15-39(5)6)33(24(18-34)19-36-27)38-26-12-13-30(23(4)22(26)3)42-20-29-21(2)10-8-14-35-29/h8,10,12-14,16-17,19H,7,9,11,15,20H2,1-6H3,(H,36,38)(H,37,40). The number of carbonyl (C=O) groups is 1. The number of nitrogens with one attached hydrogen (secondary N) is 2. The van der Waals surface area contributed by atoms with Crippen LogP contribution in [0.1, 0.15) is 47.7 Å². The zero-order valence-electron chi connectivity index (χ0n) is 25.2. The summed E-state index contributed by atoms with van der Waals surface area (Å²) < 4.78 is 12.0. The minimum Gasteiger partial charge on any atom is -0.492 e. The molecule has 2 aromatic heterocycles. The van der Waals surface area contributed by atoms with Crippen LogP contribution in [-0.4, -0.2) is 48.0 Å². The number of pyridine rings is 2. The number of carbonyl (C=O) groups excluding carboxylic acids is 1. The second-order valence-corrected chi connectivity index (χ2v) is 10.5. The number of hydrogen-bond donors (Lipinski definition) is 2. The van der Waals surface area contributed by atoms with Crippen molar-refractivity contribution in [1.29, 1.82) is 5.26 Å². The van der Waals surface area contributed by atoms with E-state index >= 15 is 0 Å². The predicted octanol–water partition coefficient (Wildman–Crippen LogP) is 6.43. The molecular formula is C33H38N6O3. The summed E-state index contributed by atoms with van der Waals surface area (Å²) in [5, 5.41) is 17.1. The Morgan fingerprint density at radius 2 is 1.83 bits per heavy atom. The van der Waals surface area contributed by atoms with Crippen LogP contribution in [0.5, 0.6) is 11.5 Å². The van der Waals surface area contributed by atoms with Gasteiger partial charge in [-0.2, -0.15) is 5.26 Å². The fraction of sp³-hybridized carbons (Fsp3) is 0.333. The number of rotatable bonds is 12. The molecule has 9 nitrogen and oxygen atoms in total. The lowest BCUT2D eigenvalue weighted by Gasteiger charge is -2.19. The van der Waals surface area contributed by atoms with Crippen molar-refractivity contribution in [3.05, 3.63) is 76.7 Å². The summed E-state index contributed by atoms with van der Waals surface area (Å²) in [4.78, 5) is 23.8. The van der Waals surface area contributed by atoms with E-state index in [0.717, 1.165) is 46.8 Å². The van der Waals surface area contributed by atoms with Crippen LogP contribution >= 0.6 is 0 Å². The number of nitriles is 1. The van der Waals surface area contributed by atoms with Crippen molar-refractivity contribution >= 4 is 33.9 Å². The minimum atomic E-state index is -0.0981. The summed E-state index contributed by atoms with van der Waals surface area (Å²) in [6.45, 7) is 9.55. The molecule has 0 aliphatic rings. The van der Waals surface area contributed by atoms with Crippen molar-refractivity contribution < 1.29 is 14.3 Å². The molecule has 0 saturated carbocycles. The van der Waals surface area contributed by atoms with Gasteiger partial charge in [-0.15, -0.1) is 0 Å². The fourth-order valence-electron chi connectivity index (χ4n) is 4.62. The first-order valence-electron chi connectivity index (χ1n) is 14.1. The van der Waals surface area contributed by atoms with Gasteiger partial charge >= 0.3 is 0 Å². The van der Waals surface area contributed by atoms with Crippen LogP contribution in [0.2, 0.25) is 0 Å². The van der Waals surface area contributed by atoms with Crippen molar-refractivity contribution in [3.63, 3.8) is 0 Å².